The molecular weight excluding hydrogens is 98.1 g/mol. The van der Waals surface area contributed by atoms with Crippen molar-refractivity contribution < 1.29 is 0 Å². The van der Waals surface area contributed by atoms with Crippen molar-refractivity contribution in [1.82, 2.24) is 4.98 Å². The number of nitrogens with one attached hydrogen (secondary N) is 1. The van der Waals surface area contributed by atoms with Gasteiger partial charge in [0.2, 0.25) is 0 Å². The third-order valence-corrected chi connectivity index (χ3v) is 1.18. The second kappa shape index (κ2) is 2.03. The van der Waals surface area contributed by atoms with Crippen LogP contribution in [0.1, 0.15) is 25.3 Å². The lowest BCUT2D eigenvalue weighted by Gasteiger charge is -1.95. The first kappa shape index (κ1) is 5.42. The summed E-state index contributed by atoms with van der Waals surface area (Å²) in [5, 5.41) is 0. The van der Waals surface area contributed by atoms with Crippen molar-refractivity contribution in [3.63, 3.8) is 0 Å². The van der Waals surface area contributed by atoms with Gasteiger partial charge in [-0.3, -0.25) is 0 Å². The lowest BCUT2D eigenvalue weighted by molar-refractivity contribution is 0.866. The van der Waals surface area contributed by atoms with Gasteiger partial charge >= 0.3 is 0 Å². The quantitative estimate of drug-likeness (QED) is 0.565. The Kier molecular flexibility index (Phi) is 1.38. The Labute approximate surface area is 49.7 Å². The molecule has 1 nitrogen and oxygen atoms in total. The van der Waals surface area contributed by atoms with Crippen LogP contribution in [0.2, 0.25) is 0 Å². The fourth-order valence-corrected chi connectivity index (χ4v) is 0.635. The Balaban J connectivity index is 2.77. The summed E-state index contributed by atoms with van der Waals surface area (Å²) in [6, 6.07) is 2.05. The Hall–Kier alpha value is -0.720. The average molecular weight is 108 g/mol. The summed E-state index contributed by atoms with van der Waals surface area (Å²) in [6.07, 6.45) is 4.91. The molecule has 0 fully saturated rings. The number of hydrogen-bond donors (Lipinski definition) is 1. The summed E-state index contributed by atoms with van der Waals surface area (Å²) in [5.41, 5.74) is 1.25. The predicted molar refractivity (Wildman–Crippen MR) is 33.7 cm³/mol. The SMILES string of the molecule is CC(C)c1[c][nH]cc1. The highest BCUT2D eigenvalue weighted by Gasteiger charge is 1.95. The van der Waals surface area contributed by atoms with Crippen LogP contribution in [0.25, 0.3) is 0 Å². The smallest absolute Gasteiger partial charge is 0.0657 e. The van der Waals surface area contributed by atoms with Crippen LogP contribution in [0.4, 0.5) is 0 Å². The molecule has 1 aromatic heterocycles. The molecule has 1 rings (SSSR count). The highest BCUT2D eigenvalue weighted by molar-refractivity contribution is 5.10. The van der Waals surface area contributed by atoms with Gasteiger partial charge in [0.1, 0.15) is 0 Å². The van der Waals surface area contributed by atoms with Crippen LogP contribution in [0.15, 0.2) is 12.3 Å². The highest BCUT2D eigenvalue weighted by atomic mass is 14.6. The summed E-state index contributed by atoms with van der Waals surface area (Å²) in [5.74, 6) is 0.598. The lowest BCUT2D eigenvalue weighted by atomic mass is 10.1. The lowest BCUT2D eigenvalue weighted by Crippen LogP contribution is -1.80. The maximum atomic E-state index is 3.01. The van der Waals surface area contributed by atoms with E-state index in [1.54, 1.807) is 0 Å². The second-order valence-corrected chi connectivity index (χ2v) is 2.21. The van der Waals surface area contributed by atoms with E-state index in [4.69, 9.17) is 0 Å². The van der Waals surface area contributed by atoms with Crippen LogP contribution in [-0.4, -0.2) is 4.98 Å². The average Bonchev–Trinajstić information content (AvgIpc) is 2.12. The predicted octanol–water partition coefficient (Wildman–Crippen LogP) is 1.94. The van der Waals surface area contributed by atoms with Gasteiger partial charge in [0.05, 0.1) is 6.20 Å². The maximum Gasteiger partial charge on any atom is 0.0657 e. The van der Waals surface area contributed by atoms with E-state index < -0.39 is 0 Å². The molecule has 8 heavy (non-hydrogen) atoms. The molecular formula is C7H10N. The zero-order valence-electron chi connectivity index (χ0n) is 5.23. The number of H-pyrrole nitrogens is 1. The molecule has 0 spiro atoms. The van der Waals surface area contributed by atoms with Gasteiger partial charge in [-0.05, 0) is 17.5 Å². The second-order valence-electron chi connectivity index (χ2n) is 2.21. The first-order valence-electron chi connectivity index (χ1n) is 2.85. The minimum atomic E-state index is 0.598. The van der Waals surface area contributed by atoms with Crippen LogP contribution in [0, 0.1) is 6.20 Å². The summed E-state index contributed by atoms with van der Waals surface area (Å²) in [7, 11) is 0. The van der Waals surface area contributed by atoms with Crippen LogP contribution >= 0.6 is 0 Å². The van der Waals surface area contributed by atoms with Gasteiger partial charge in [-0.2, -0.15) is 0 Å². The molecule has 0 bridgehead atoms. The highest BCUT2D eigenvalue weighted by Crippen LogP contribution is 2.10. The molecule has 1 heteroatoms. The van der Waals surface area contributed by atoms with Gasteiger partial charge in [0.15, 0.2) is 0 Å². The molecule has 1 radical (unpaired) electrons. The van der Waals surface area contributed by atoms with Gasteiger partial charge in [0.25, 0.3) is 0 Å². The van der Waals surface area contributed by atoms with Gasteiger partial charge < -0.3 is 4.98 Å². The third-order valence-electron chi connectivity index (χ3n) is 1.18. The first-order valence-corrected chi connectivity index (χ1v) is 2.85. The molecule has 0 saturated heterocycles. The molecule has 0 aliphatic heterocycles. The molecule has 0 aromatic carbocycles. The molecule has 0 aliphatic carbocycles. The van der Waals surface area contributed by atoms with Crippen molar-refractivity contribution in [2.75, 3.05) is 0 Å². The van der Waals surface area contributed by atoms with E-state index in [2.05, 4.69) is 25.0 Å². The Bertz CT molecular complexity index is 139. The molecule has 1 aromatic rings. The minimum absolute atomic E-state index is 0.598. The zero-order valence-corrected chi connectivity index (χ0v) is 5.23. The standard InChI is InChI=1S/C7H10N/c1-6(2)7-3-4-8-5-7/h3-4,6,8H,1-2H3. The van der Waals surface area contributed by atoms with Crippen LogP contribution in [0.3, 0.4) is 0 Å². The van der Waals surface area contributed by atoms with Crippen LogP contribution in [-0.2, 0) is 0 Å². The van der Waals surface area contributed by atoms with Gasteiger partial charge in [-0.25, -0.2) is 0 Å². The van der Waals surface area contributed by atoms with E-state index in [9.17, 15) is 0 Å². The van der Waals surface area contributed by atoms with E-state index in [-0.39, 0.29) is 0 Å². The normalized spacial score (nSPS) is 10.4. The van der Waals surface area contributed by atoms with E-state index in [1.165, 1.54) is 5.56 Å². The molecule has 0 atom stereocenters. The van der Waals surface area contributed by atoms with E-state index in [1.807, 2.05) is 12.3 Å². The number of rotatable bonds is 1. The number of hydrogen-bond acceptors (Lipinski definition) is 0. The largest absolute Gasteiger partial charge is 0.360 e. The van der Waals surface area contributed by atoms with Crippen molar-refractivity contribution in [1.29, 1.82) is 0 Å². The monoisotopic (exact) mass is 108 g/mol. The number of aromatic nitrogens is 1. The molecule has 1 N–H and O–H groups in total. The first-order chi connectivity index (χ1) is 3.80. The molecule has 43 valence electrons. The van der Waals surface area contributed by atoms with Crippen molar-refractivity contribution in [2.45, 2.75) is 19.8 Å². The van der Waals surface area contributed by atoms with Gasteiger partial charge in [-0.15, -0.1) is 0 Å². The van der Waals surface area contributed by atoms with Crippen molar-refractivity contribution in [3.8, 4) is 0 Å². The third kappa shape index (κ3) is 0.915. The molecule has 0 unspecified atom stereocenters. The van der Waals surface area contributed by atoms with Crippen LogP contribution in [0.5, 0.6) is 0 Å². The molecule has 0 aliphatic rings. The van der Waals surface area contributed by atoms with Crippen LogP contribution < -0.4 is 0 Å². The summed E-state index contributed by atoms with van der Waals surface area (Å²) >= 11 is 0. The number of aromatic amines is 1. The summed E-state index contributed by atoms with van der Waals surface area (Å²) in [4.78, 5) is 2.89. The van der Waals surface area contributed by atoms with E-state index in [0.717, 1.165) is 0 Å². The molecule has 0 amide bonds. The molecule has 0 saturated carbocycles. The zero-order chi connectivity index (χ0) is 5.98. The summed E-state index contributed by atoms with van der Waals surface area (Å²) < 4.78 is 0. The fourth-order valence-electron chi connectivity index (χ4n) is 0.635. The molecule has 1 heterocycles. The Morgan fingerprint density at radius 3 is 2.62 bits per heavy atom. The van der Waals surface area contributed by atoms with E-state index >= 15 is 0 Å². The maximum absolute atomic E-state index is 3.01. The Morgan fingerprint density at radius 1 is 1.62 bits per heavy atom. The Morgan fingerprint density at radius 2 is 2.38 bits per heavy atom. The van der Waals surface area contributed by atoms with Crippen molar-refractivity contribution in [2.24, 2.45) is 0 Å². The van der Waals surface area contributed by atoms with Crippen molar-refractivity contribution >= 4 is 0 Å². The summed E-state index contributed by atoms with van der Waals surface area (Å²) in [6.45, 7) is 4.30. The fraction of sp³-hybridized carbons (Fsp3) is 0.429. The van der Waals surface area contributed by atoms with Gasteiger partial charge in [0, 0.05) is 6.20 Å². The van der Waals surface area contributed by atoms with Crippen molar-refractivity contribution in [3.05, 3.63) is 24.0 Å². The topological polar surface area (TPSA) is 15.8 Å². The van der Waals surface area contributed by atoms with E-state index in [0.29, 0.717) is 5.92 Å². The minimum Gasteiger partial charge on any atom is -0.360 e. The van der Waals surface area contributed by atoms with Gasteiger partial charge in [-0.1, -0.05) is 13.8 Å².